The summed E-state index contributed by atoms with van der Waals surface area (Å²) in [7, 11) is 0. The van der Waals surface area contributed by atoms with Crippen molar-refractivity contribution >= 4 is 28.5 Å². The molecule has 0 amide bonds. The van der Waals surface area contributed by atoms with Gasteiger partial charge in [-0.05, 0) is 48.9 Å². The maximum atomic E-state index is 14.6. The van der Waals surface area contributed by atoms with E-state index in [1.54, 1.807) is 28.8 Å². The van der Waals surface area contributed by atoms with Gasteiger partial charge in [0, 0.05) is 37.2 Å². The van der Waals surface area contributed by atoms with Crippen molar-refractivity contribution in [3.63, 3.8) is 0 Å². The van der Waals surface area contributed by atoms with Crippen LogP contribution in [0.25, 0.3) is 10.9 Å². The van der Waals surface area contributed by atoms with Crippen molar-refractivity contribution in [1.82, 2.24) is 4.57 Å². The SMILES string of the molecule is CC(C)Oc1cc2c(cc1Cc1cccc(Cl)c1F)c(=O)c(C(=O)O)cn2CC(C)(C)CCO. The quantitative estimate of drug-likeness (QED) is 0.427. The third-order valence-electron chi connectivity index (χ3n) is 5.65. The summed E-state index contributed by atoms with van der Waals surface area (Å²) in [4.78, 5) is 24.9. The highest BCUT2D eigenvalue weighted by Crippen LogP contribution is 2.32. The minimum absolute atomic E-state index is 0.00810. The molecule has 0 aliphatic heterocycles. The van der Waals surface area contributed by atoms with Gasteiger partial charge in [-0.3, -0.25) is 4.79 Å². The number of benzene rings is 2. The molecule has 0 aliphatic carbocycles. The van der Waals surface area contributed by atoms with Gasteiger partial charge in [-0.1, -0.05) is 37.6 Å². The highest BCUT2D eigenvalue weighted by Gasteiger charge is 2.23. The molecule has 0 unspecified atom stereocenters. The average molecular weight is 490 g/mol. The summed E-state index contributed by atoms with van der Waals surface area (Å²) >= 11 is 5.95. The molecule has 8 heteroatoms. The Hall–Kier alpha value is -2.90. The van der Waals surface area contributed by atoms with Gasteiger partial charge in [0.25, 0.3) is 0 Å². The van der Waals surface area contributed by atoms with Crippen LogP contribution in [-0.2, 0) is 13.0 Å². The van der Waals surface area contributed by atoms with E-state index in [2.05, 4.69) is 0 Å². The molecule has 1 heterocycles. The Bertz CT molecular complexity index is 1280. The fourth-order valence-electron chi connectivity index (χ4n) is 3.98. The predicted octanol–water partition coefficient (Wildman–Crippen LogP) is 5.28. The van der Waals surface area contributed by atoms with Crippen molar-refractivity contribution in [3.05, 3.63) is 74.3 Å². The van der Waals surface area contributed by atoms with Gasteiger partial charge in [-0.2, -0.15) is 0 Å². The molecule has 2 N–H and O–H groups in total. The van der Waals surface area contributed by atoms with Crippen LogP contribution in [0.1, 0.15) is 55.6 Å². The van der Waals surface area contributed by atoms with E-state index in [9.17, 15) is 24.2 Å². The van der Waals surface area contributed by atoms with Crippen LogP contribution >= 0.6 is 11.6 Å². The molecule has 0 spiro atoms. The highest BCUT2D eigenvalue weighted by molar-refractivity contribution is 6.30. The lowest BCUT2D eigenvalue weighted by atomic mass is 9.89. The second-order valence-electron chi connectivity index (χ2n) is 9.48. The largest absolute Gasteiger partial charge is 0.491 e. The summed E-state index contributed by atoms with van der Waals surface area (Å²) in [6, 6.07) is 7.99. The first-order chi connectivity index (χ1) is 15.9. The zero-order valence-electron chi connectivity index (χ0n) is 19.7. The summed E-state index contributed by atoms with van der Waals surface area (Å²) in [5, 5.41) is 19.3. The Morgan fingerprint density at radius 2 is 1.94 bits per heavy atom. The minimum Gasteiger partial charge on any atom is -0.491 e. The molecule has 0 radical (unpaired) electrons. The van der Waals surface area contributed by atoms with Crippen LogP contribution in [0.4, 0.5) is 4.39 Å². The lowest BCUT2D eigenvalue weighted by molar-refractivity contribution is 0.0694. The summed E-state index contributed by atoms with van der Waals surface area (Å²) in [5.41, 5.74) is 0.0375. The predicted molar refractivity (Wildman–Crippen MR) is 131 cm³/mol. The van der Waals surface area contributed by atoms with E-state index in [-0.39, 0.29) is 40.5 Å². The van der Waals surface area contributed by atoms with Crippen LogP contribution in [-0.4, -0.2) is 33.5 Å². The molecule has 0 fully saturated rings. The van der Waals surface area contributed by atoms with Crippen molar-refractivity contribution in [2.75, 3.05) is 6.61 Å². The van der Waals surface area contributed by atoms with E-state index in [1.807, 2.05) is 27.7 Å². The summed E-state index contributed by atoms with van der Waals surface area (Å²) in [5.74, 6) is -1.41. The first-order valence-electron chi connectivity index (χ1n) is 11.1. The van der Waals surface area contributed by atoms with Crippen LogP contribution < -0.4 is 10.2 Å². The number of pyridine rings is 1. The molecular weight excluding hydrogens is 461 g/mol. The number of aromatic nitrogens is 1. The van der Waals surface area contributed by atoms with E-state index in [4.69, 9.17) is 16.3 Å². The van der Waals surface area contributed by atoms with E-state index in [0.29, 0.717) is 35.4 Å². The number of nitrogens with zero attached hydrogens (tertiary/aromatic N) is 1. The zero-order chi connectivity index (χ0) is 25.2. The number of halogens is 2. The molecule has 0 bridgehead atoms. The monoisotopic (exact) mass is 489 g/mol. The lowest BCUT2D eigenvalue weighted by Crippen LogP contribution is -2.25. The molecular formula is C26H29ClFNO5. The number of aliphatic hydroxyl groups excluding tert-OH is 1. The Morgan fingerprint density at radius 3 is 2.56 bits per heavy atom. The molecule has 3 rings (SSSR count). The number of carbonyl (C=O) groups is 1. The zero-order valence-corrected chi connectivity index (χ0v) is 20.4. The van der Waals surface area contributed by atoms with Gasteiger partial charge in [-0.25, -0.2) is 9.18 Å². The third kappa shape index (κ3) is 5.59. The first-order valence-corrected chi connectivity index (χ1v) is 11.4. The number of carboxylic acid groups (broad SMARTS) is 1. The van der Waals surface area contributed by atoms with E-state index < -0.39 is 17.2 Å². The van der Waals surface area contributed by atoms with Crippen LogP contribution in [0.15, 0.2) is 41.3 Å². The number of hydrogen-bond donors (Lipinski definition) is 2. The van der Waals surface area contributed by atoms with Crippen molar-refractivity contribution < 1.29 is 24.1 Å². The molecule has 182 valence electrons. The topological polar surface area (TPSA) is 88.8 Å². The normalized spacial score (nSPS) is 11.9. The minimum atomic E-state index is -1.33. The molecule has 0 saturated carbocycles. The Morgan fingerprint density at radius 1 is 1.24 bits per heavy atom. The van der Waals surface area contributed by atoms with Gasteiger partial charge in [-0.15, -0.1) is 0 Å². The van der Waals surface area contributed by atoms with Gasteiger partial charge in [0.2, 0.25) is 5.43 Å². The standard InChI is InChI=1S/C26H29ClFNO5/c1-15(2)34-22-12-21-18(11-17(22)10-16-6-5-7-20(27)23(16)28)24(31)19(25(32)33)13-29(21)14-26(3,4)8-9-30/h5-7,11-13,15,30H,8-10,14H2,1-4H3,(H,32,33). The molecule has 1 aromatic heterocycles. The second kappa shape index (κ2) is 10.2. The van der Waals surface area contributed by atoms with Crippen LogP contribution in [0.3, 0.4) is 0 Å². The third-order valence-corrected chi connectivity index (χ3v) is 5.95. The van der Waals surface area contributed by atoms with Gasteiger partial charge in [0.1, 0.15) is 17.1 Å². The lowest BCUT2D eigenvalue weighted by Gasteiger charge is -2.27. The molecule has 6 nitrogen and oxygen atoms in total. The van der Waals surface area contributed by atoms with E-state index in [1.165, 1.54) is 12.3 Å². The van der Waals surface area contributed by atoms with E-state index in [0.717, 1.165) is 0 Å². The fourth-order valence-corrected chi connectivity index (χ4v) is 4.17. The highest BCUT2D eigenvalue weighted by atomic mass is 35.5. The van der Waals surface area contributed by atoms with Crippen molar-refractivity contribution in [2.45, 2.75) is 53.2 Å². The number of hydrogen-bond acceptors (Lipinski definition) is 4. The Balaban J connectivity index is 2.29. The number of aliphatic hydroxyl groups is 1. The Labute approximate surface area is 202 Å². The summed E-state index contributed by atoms with van der Waals surface area (Å²) < 4.78 is 22.4. The average Bonchev–Trinajstić information content (AvgIpc) is 2.73. The molecule has 2 aromatic carbocycles. The maximum Gasteiger partial charge on any atom is 0.341 e. The number of fused-ring (bicyclic) bond motifs is 1. The van der Waals surface area contributed by atoms with Gasteiger partial charge < -0.3 is 19.5 Å². The van der Waals surface area contributed by atoms with Crippen molar-refractivity contribution in [3.8, 4) is 5.75 Å². The molecule has 0 atom stereocenters. The molecule has 34 heavy (non-hydrogen) atoms. The van der Waals surface area contributed by atoms with Crippen molar-refractivity contribution in [1.29, 1.82) is 0 Å². The molecule has 3 aromatic rings. The number of aromatic carboxylic acids is 1. The van der Waals surface area contributed by atoms with Crippen LogP contribution in [0, 0.1) is 11.2 Å². The van der Waals surface area contributed by atoms with E-state index >= 15 is 0 Å². The Kier molecular flexibility index (Phi) is 7.68. The van der Waals surface area contributed by atoms with Gasteiger partial charge >= 0.3 is 5.97 Å². The number of ether oxygens (including phenoxy) is 1. The second-order valence-corrected chi connectivity index (χ2v) is 9.88. The van der Waals surface area contributed by atoms with Crippen LogP contribution in [0.5, 0.6) is 5.75 Å². The molecule has 0 aliphatic rings. The summed E-state index contributed by atoms with van der Waals surface area (Å²) in [6.07, 6.45) is 1.74. The summed E-state index contributed by atoms with van der Waals surface area (Å²) in [6.45, 7) is 7.98. The number of rotatable bonds is 9. The van der Waals surface area contributed by atoms with Gasteiger partial charge in [0.15, 0.2) is 0 Å². The van der Waals surface area contributed by atoms with Crippen LogP contribution in [0.2, 0.25) is 5.02 Å². The number of carboxylic acids is 1. The maximum absolute atomic E-state index is 14.6. The molecule has 0 saturated heterocycles. The van der Waals surface area contributed by atoms with Gasteiger partial charge in [0.05, 0.1) is 16.6 Å². The van der Waals surface area contributed by atoms with Crippen molar-refractivity contribution in [2.24, 2.45) is 5.41 Å². The smallest absolute Gasteiger partial charge is 0.341 e. The fraction of sp³-hybridized carbons (Fsp3) is 0.385. The first kappa shape index (κ1) is 25.7.